The van der Waals surface area contributed by atoms with E-state index in [1.165, 1.54) is 24.1 Å². The third-order valence-corrected chi connectivity index (χ3v) is 2.76. The van der Waals surface area contributed by atoms with Crippen molar-refractivity contribution in [3.8, 4) is 5.75 Å². The van der Waals surface area contributed by atoms with E-state index in [2.05, 4.69) is 44.1 Å². The molecule has 0 unspecified atom stereocenters. The number of hydrogen-bond donors (Lipinski definition) is 0. The van der Waals surface area contributed by atoms with Gasteiger partial charge in [0.05, 0.1) is 6.10 Å². The van der Waals surface area contributed by atoms with Crippen molar-refractivity contribution in [3.05, 3.63) is 23.8 Å². The van der Waals surface area contributed by atoms with Crippen molar-refractivity contribution in [2.24, 2.45) is 0 Å². The lowest BCUT2D eigenvalue weighted by Crippen LogP contribution is -2.09. The molecule has 0 atom stereocenters. The van der Waals surface area contributed by atoms with Gasteiger partial charge in [-0.05, 0) is 43.0 Å². The normalized spacial score (nSPS) is 15.1. The number of nitrogens with zero attached hydrogens (tertiary/aromatic N) is 1. The summed E-state index contributed by atoms with van der Waals surface area (Å²) in [6.07, 6.45) is 3.96. The largest absolute Gasteiger partial charge is 0.490 e. The predicted molar refractivity (Wildman–Crippen MR) is 63.8 cm³/mol. The molecule has 0 bridgehead atoms. The summed E-state index contributed by atoms with van der Waals surface area (Å²) < 4.78 is 5.86. The Balaban J connectivity index is 2.21. The summed E-state index contributed by atoms with van der Waals surface area (Å²) in [5, 5.41) is 0. The Bertz CT molecular complexity index is 342. The highest BCUT2D eigenvalue weighted by Gasteiger charge is 2.24. The van der Waals surface area contributed by atoms with Crippen LogP contribution in [0.4, 0.5) is 5.69 Å². The van der Waals surface area contributed by atoms with Gasteiger partial charge in [-0.25, -0.2) is 0 Å². The molecule has 1 aromatic carbocycles. The lowest BCUT2D eigenvalue weighted by Gasteiger charge is -2.16. The fraction of sp³-hybridized carbons (Fsp3) is 0.538. The molecule has 0 aliphatic heterocycles. The number of rotatable bonds is 4. The first-order chi connectivity index (χ1) is 7.20. The first-order valence-electron chi connectivity index (χ1n) is 5.67. The summed E-state index contributed by atoms with van der Waals surface area (Å²) in [5.41, 5.74) is 2.56. The Morgan fingerprint density at radius 3 is 2.60 bits per heavy atom. The summed E-state index contributed by atoms with van der Waals surface area (Å²) in [6, 6.07) is 6.45. The van der Waals surface area contributed by atoms with E-state index in [0.29, 0.717) is 6.10 Å². The lowest BCUT2D eigenvalue weighted by molar-refractivity contribution is 0.300. The Morgan fingerprint density at radius 2 is 2.07 bits per heavy atom. The fourth-order valence-electron chi connectivity index (χ4n) is 1.60. The van der Waals surface area contributed by atoms with Gasteiger partial charge in [0.15, 0.2) is 0 Å². The highest BCUT2D eigenvalue weighted by atomic mass is 16.5. The van der Waals surface area contributed by atoms with Crippen LogP contribution in [0.2, 0.25) is 0 Å². The number of aryl methyl sites for hydroxylation is 1. The fourth-order valence-corrected chi connectivity index (χ4v) is 1.60. The maximum absolute atomic E-state index is 5.86. The van der Waals surface area contributed by atoms with Gasteiger partial charge in [-0.1, -0.05) is 6.92 Å². The molecule has 1 aromatic rings. The van der Waals surface area contributed by atoms with E-state index in [9.17, 15) is 0 Å². The zero-order valence-corrected chi connectivity index (χ0v) is 9.79. The van der Waals surface area contributed by atoms with Crippen molar-refractivity contribution >= 4 is 5.69 Å². The number of ether oxygens (including phenoxy) is 1. The zero-order valence-electron chi connectivity index (χ0n) is 9.79. The number of anilines is 1. The van der Waals surface area contributed by atoms with Crippen LogP contribution in [0.5, 0.6) is 5.75 Å². The van der Waals surface area contributed by atoms with Crippen LogP contribution in [0, 0.1) is 0 Å². The van der Waals surface area contributed by atoms with Crippen molar-refractivity contribution in [2.45, 2.75) is 32.3 Å². The van der Waals surface area contributed by atoms with E-state index in [1.807, 2.05) is 0 Å². The zero-order chi connectivity index (χ0) is 10.8. The molecule has 1 saturated carbocycles. The SMILES string of the molecule is CCc1cc(N(C)C)ccc1OC1CC1. The summed E-state index contributed by atoms with van der Waals surface area (Å²) in [5.74, 6) is 1.07. The minimum Gasteiger partial charge on any atom is -0.490 e. The van der Waals surface area contributed by atoms with Gasteiger partial charge < -0.3 is 9.64 Å². The van der Waals surface area contributed by atoms with E-state index in [-0.39, 0.29) is 0 Å². The summed E-state index contributed by atoms with van der Waals surface area (Å²) in [6.45, 7) is 2.18. The molecule has 0 N–H and O–H groups in total. The standard InChI is InChI=1S/C13H19NO/c1-4-10-9-11(14(2)3)5-8-13(10)15-12-6-7-12/h5,8-9,12H,4,6-7H2,1-3H3. The maximum atomic E-state index is 5.86. The molecule has 0 spiro atoms. The lowest BCUT2D eigenvalue weighted by atomic mass is 10.1. The van der Waals surface area contributed by atoms with Gasteiger partial charge in [-0.2, -0.15) is 0 Å². The molecule has 0 radical (unpaired) electrons. The molecule has 0 amide bonds. The van der Waals surface area contributed by atoms with Crippen LogP contribution >= 0.6 is 0 Å². The Morgan fingerprint density at radius 1 is 1.33 bits per heavy atom. The van der Waals surface area contributed by atoms with Crippen LogP contribution in [0.1, 0.15) is 25.3 Å². The number of hydrogen-bond acceptors (Lipinski definition) is 2. The van der Waals surface area contributed by atoms with Crippen molar-refractivity contribution in [1.82, 2.24) is 0 Å². The summed E-state index contributed by atoms with van der Waals surface area (Å²) >= 11 is 0. The number of benzene rings is 1. The molecule has 2 heteroatoms. The Labute approximate surface area is 91.9 Å². The van der Waals surface area contributed by atoms with E-state index in [4.69, 9.17) is 4.74 Å². The first-order valence-corrected chi connectivity index (χ1v) is 5.67. The Kier molecular flexibility index (Phi) is 2.85. The monoisotopic (exact) mass is 205 g/mol. The van der Waals surface area contributed by atoms with E-state index in [0.717, 1.165) is 12.2 Å². The van der Waals surface area contributed by atoms with Crippen molar-refractivity contribution < 1.29 is 4.74 Å². The smallest absolute Gasteiger partial charge is 0.123 e. The quantitative estimate of drug-likeness (QED) is 0.749. The van der Waals surface area contributed by atoms with Crippen LogP contribution in [-0.4, -0.2) is 20.2 Å². The highest BCUT2D eigenvalue weighted by molar-refractivity contribution is 5.52. The van der Waals surface area contributed by atoms with E-state index < -0.39 is 0 Å². The maximum Gasteiger partial charge on any atom is 0.123 e. The molecule has 0 aromatic heterocycles. The predicted octanol–water partition coefficient (Wildman–Crippen LogP) is 2.86. The van der Waals surface area contributed by atoms with Gasteiger partial charge in [0, 0.05) is 19.8 Å². The molecular formula is C13H19NO. The topological polar surface area (TPSA) is 12.5 Å². The van der Waals surface area contributed by atoms with Crippen LogP contribution in [0.25, 0.3) is 0 Å². The molecule has 1 fully saturated rings. The van der Waals surface area contributed by atoms with Gasteiger partial charge in [0.25, 0.3) is 0 Å². The molecule has 1 aliphatic rings. The van der Waals surface area contributed by atoms with Gasteiger partial charge >= 0.3 is 0 Å². The average Bonchev–Trinajstić information content (AvgIpc) is 3.02. The molecule has 15 heavy (non-hydrogen) atoms. The first kappa shape index (κ1) is 10.3. The van der Waals surface area contributed by atoms with E-state index in [1.54, 1.807) is 0 Å². The Hall–Kier alpha value is -1.18. The molecule has 2 rings (SSSR count). The molecule has 0 heterocycles. The molecular weight excluding hydrogens is 186 g/mol. The second kappa shape index (κ2) is 4.13. The van der Waals surface area contributed by atoms with Gasteiger partial charge in [0.1, 0.15) is 5.75 Å². The van der Waals surface area contributed by atoms with Gasteiger partial charge in [0.2, 0.25) is 0 Å². The van der Waals surface area contributed by atoms with Crippen molar-refractivity contribution in [1.29, 1.82) is 0 Å². The highest BCUT2D eigenvalue weighted by Crippen LogP contribution is 2.31. The van der Waals surface area contributed by atoms with Crippen LogP contribution in [0.15, 0.2) is 18.2 Å². The van der Waals surface area contributed by atoms with Crippen LogP contribution < -0.4 is 9.64 Å². The third kappa shape index (κ3) is 2.44. The molecule has 82 valence electrons. The van der Waals surface area contributed by atoms with Crippen LogP contribution in [0.3, 0.4) is 0 Å². The minimum absolute atomic E-state index is 0.487. The summed E-state index contributed by atoms with van der Waals surface area (Å²) in [4.78, 5) is 2.13. The minimum atomic E-state index is 0.487. The second-order valence-corrected chi connectivity index (χ2v) is 4.36. The van der Waals surface area contributed by atoms with Crippen molar-refractivity contribution in [3.63, 3.8) is 0 Å². The average molecular weight is 205 g/mol. The molecule has 1 aliphatic carbocycles. The van der Waals surface area contributed by atoms with E-state index >= 15 is 0 Å². The second-order valence-electron chi connectivity index (χ2n) is 4.36. The third-order valence-electron chi connectivity index (χ3n) is 2.76. The van der Waals surface area contributed by atoms with Crippen molar-refractivity contribution in [2.75, 3.05) is 19.0 Å². The van der Waals surface area contributed by atoms with Crippen LogP contribution in [-0.2, 0) is 6.42 Å². The van der Waals surface area contributed by atoms with Gasteiger partial charge in [-0.15, -0.1) is 0 Å². The summed E-state index contributed by atoms with van der Waals surface area (Å²) in [7, 11) is 4.13. The molecule has 2 nitrogen and oxygen atoms in total. The molecule has 0 saturated heterocycles. The van der Waals surface area contributed by atoms with Gasteiger partial charge in [-0.3, -0.25) is 0 Å².